The molecular formula is C16H29IO. The highest BCUT2D eigenvalue weighted by Crippen LogP contribution is 2.43. The van der Waals surface area contributed by atoms with Crippen LogP contribution in [0.3, 0.4) is 0 Å². The zero-order chi connectivity index (χ0) is 13.2. The Kier molecular flexibility index (Phi) is 5.02. The summed E-state index contributed by atoms with van der Waals surface area (Å²) >= 11 is 2.54. The molecule has 2 unspecified atom stereocenters. The van der Waals surface area contributed by atoms with Gasteiger partial charge in [0.05, 0.1) is 11.7 Å². The van der Waals surface area contributed by atoms with Gasteiger partial charge in [0.1, 0.15) is 0 Å². The van der Waals surface area contributed by atoms with Crippen LogP contribution < -0.4 is 0 Å². The molecule has 0 bridgehead atoms. The van der Waals surface area contributed by atoms with E-state index in [0.717, 1.165) is 5.92 Å². The van der Waals surface area contributed by atoms with E-state index in [0.29, 0.717) is 11.5 Å². The topological polar surface area (TPSA) is 9.23 Å². The summed E-state index contributed by atoms with van der Waals surface area (Å²) < 4.78 is 7.84. The van der Waals surface area contributed by atoms with Gasteiger partial charge in [-0.25, -0.2) is 0 Å². The van der Waals surface area contributed by atoms with Gasteiger partial charge in [-0.05, 0) is 43.4 Å². The number of hydrogen-bond acceptors (Lipinski definition) is 1. The van der Waals surface area contributed by atoms with E-state index >= 15 is 0 Å². The van der Waals surface area contributed by atoms with Crippen LogP contribution in [-0.4, -0.2) is 16.1 Å². The Balaban J connectivity index is 1.98. The summed E-state index contributed by atoms with van der Waals surface area (Å²) in [6.45, 7) is 7.22. The van der Waals surface area contributed by atoms with Gasteiger partial charge in [-0.2, -0.15) is 0 Å². The van der Waals surface area contributed by atoms with Gasteiger partial charge in [-0.1, -0.05) is 62.6 Å². The highest BCUT2D eigenvalue weighted by atomic mass is 127. The first-order chi connectivity index (χ1) is 8.45. The fourth-order valence-corrected chi connectivity index (χ4v) is 5.12. The van der Waals surface area contributed by atoms with Crippen molar-refractivity contribution in [2.24, 2.45) is 11.3 Å². The van der Waals surface area contributed by atoms with E-state index in [1.165, 1.54) is 55.8 Å². The smallest absolute Gasteiger partial charge is 0.0775 e. The van der Waals surface area contributed by atoms with Crippen molar-refractivity contribution in [2.75, 3.05) is 4.43 Å². The van der Waals surface area contributed by atoms with Crippen LogP contribution in [0.2, 0.25) is 0 Å². The van der Waals surface area contributed by atoms with Crippen molar-refractivity contribution < 1.29 is 4.74 Å². The van der Waals surface area contributed by atoms with Crippen LogP contribution in [0.1, 0.15) is 72.1 Å². The molecular weight excluding hydrogens is 335 g/mol. The van der Waals surface area contributed by atoms with E-state index in [9.17, 15) is 0 Å². The molecule has 106 valence electrons. The maximum atomic E-state index is 6.67. The van der Waals surface area contributed by atoms with Gasteiger partial charge in [0, 0.05) is 4.43 Å². The fourth-order valence-electron chi connectivity index (χ4n) is 4.18. The normalized spacial score (nSPS) is 35.3. The fraction of sp³-hybridized carbons (Fsp3) is 1.00. The van der Waals surface area contributed by atoms with Crippen LogP contribution in [0.15, 0.2) is 0 Å². The lowest BCUT2D eigenvalue weighted by molar-refractivity contribution is -0.128. The highest BCUT2D eigenvalue weighted by Gasteiger charge is 2.39. The van der Waals surface area contributed by atoms with Crippen molar-refractivity contribution in [3.63, 3.8) is 0 Å². The molecule has 2 atom stereocenters. The standard InChI is InChI=1S/C16H29IO/c1-13-9-14(11-15(2,3)10-13)18-16(12-17)7-5-4-6-8-16/h13-14H,4-12H2,1-3H3. The number of ether oxygens (including phenoxy) is 1. The predicted molar refractivity (Wildman–Crippen MR) is 86.4 cm³/mol. The molecule has 2 fully saturated rings. The monoisotopic (exact) mass is 364 g/mol. The quantitative estimate of drug-likeness (QED) is 0.484. The summed E-state index contributed by atoms with van der Waals surface area (Å²) in [7, 11) is 0. The summed E-state index contributed by atoms with van der Waals surface area (Å²) in [5.41, 5.74) is 0.695. The van der Waals surface area contributed by atoms with Crippen molar-refractivity contribution in [2.45, 2.75) is 83.8 Å². The summed E-state index contributed by atoms with van der Waals surface area (Å²) in [5, 5.41) is 0. The van der Waals surface area contributed by atoms with Crippen LogP contribution in [0.25, 0.3) is 0 Å². The molecule has 18 heavy (non-hydrogen) atoms. The molecule has 2 saturated carbocycles. The number of rotatable bonds is 3. The van der Waals surface area contributed by atoms with Crippen LogP contribution in [-0.2, 0) is 4.74 Å². The Morgan fingerprint density at radius 3 is 2.33 bits per heavy atom. The van der Waals surface area contributed by atoms with Gasteiger partial charge in [0.25, 0.3) is 0 Å². The second-order valence-electron chi connectivity index (χ2n) is 7.53. The van der Waals surface area contributed by atoms with Gasteiger partial charge >= 0.3 is 0 Å². The lowest BCUT2D eigenvalue weighted by Gasteiger charge is -2.45. The zero-order valence-corrected chi connectivity index (χ0v) is 14.5. The van der Waals surface area contributed by atoms with E-state index in [4.69, 9.17) is 4.74 Å². The van der Waals surface area contributed by atoms with E-state index in [2.05, 4.69) is 43.4 Å². The lowest BCUT2D eigenvalue weighted by Crippen LogP contribution is -2.44. The number of halogens is 1. The van der Waals surface area contributed by atoms with E-state index in [-0.39, 0.29) is 5.60 Å². The Morgan fingerprint density at radius 2 is 1.78 bits per heavy atom. The zero-order valence-electron chi connectivity index (χ0n) is 12.3. The Morgan fingerprint density at radius 1 is 1.11 bits per heavy atom. The largest absolute Gasteiger partial charge is 0.371 e. The molecule has 0 radical (unpaired) electrons. The van der Waals surface area contributed by atoms with Gasteiger partial charge in [-0.3, -0.25) is 0 Å². The first kappa shape index (κ1) is 15.1. The van der Waals surface area contributed by atoms with Crippen molar-refractivity contribution in [1.29, 1.82) is 0 Å². The third-order valence-electron chi connectivity index (χ3n) is 4.77. The minimum absolute atomic E-state index is 0.219. The first-order valence-electron chi connectivity index (χ1n) is 7.69. The highest BCUT2D eigenvalue weighted by molar-refractivity contribution is 14.1. The van der Waals surface area contributed by atoms with Gasteiger partial charge in [0.15, 0.2) is 0 Å². The van der Waals surface area contributed by atoms with Gasteiger partial charge in [-0.15, -0.1) is 0 Å². The average molecular weight is 364 g/mol. The SMILES string of the molecule is CC1CC(OC2(CI)CCCCC2)CC(C)(C)C1. The molecule has 0 saturated heterocycles. The molecule has 2 rings (SSSR count). The maximum absolute atomic E-state index is 6.67. The summed E-state index contributed by atoms with van der Waals surface area (Å²) in [6, 6.07) is 0. The third-order valence-corrected chi connectivity index (χ3v) is 6.16. The molecule has 0 N–H and O–H groups in total. The molecule has 0 amide bonds. The average Bonchev–Trinajstić information content (AvgIpc) is 2.27. The Labute approximate surface area is 127 Å². The van der Waals surface area contributed by atoms with Crippen molar-refractivity contribution in [3.05, 3.63) is 0 Å². The summed E-state index contributed by atoms with van der Waals surface area (Å²) in [4.78, 5) is 0. The second kappa shape index (κ2) is 5.99. The third kappa shape index (κ3) is 3.84. The molecule has 2 aliphatic rings. The predicted octanol–water partition coefficient (Wildman–Crippen LogP) is 5.36. The van der Waals surface area contributed by atoms with Crippen LogP contribution in [0, 0.1) is 11.3 Å². The van der Waals surface area contributed by atoms with E-state index in [1.54, 1.807) is 0 Å². The van der Waals surface area contributed by atoms with E-state index < -0.39 is 0 Å². The molecule has 0 heterocycles. The molecule has 0 spiro atoms. The minimum Gasteiger partial charge on any atom is -0.371 e. The Bertz CT molecular complexity index is 268. The molecule has 0 aromatic heterocycles. The summed E-state index contributed by atoms with van der Waals surface area (Å²) in [6.07, 6.45) is 11.2. The molecule has 0 aliphatic heterocycles. The lowest BCUT2D eigenvalue weighted by atomic mass is 9.71. The molecule has 1 nitrogen and oxygen atoms in total. The van der Waals surface area contributed by atoms with Crippen molar-refractivity contribution in [3.8, 4) is 0 Å². The first-order valence-corrected chi connectivity index (χ1v) is 9.21. The van der Waals surface area contributed by atoms with Gasteiger partial charge < -0.3 is 4.74 Å². The van der Waals surface area contributed by atoms with Gasteiger partial charge in [0.2, 0.25) is 0 Å². The molecule has 0 aromatic rings. The van der Waals surface area contributed by atoms with Crippen molar-refractivity contribution in [1.82, 2.24) is 0 Å². The maximum Gasteiger partial charge on any atom is 0.0775 e. The van der Waals surface area contributed by atoms with Crippen LogP contribution in [0.5, 0.6) is 0 Å². The molecule has 2 aliphatic carbocycles. The van der Waals surface area contributed by atoms with Crippen molar-refractivity contribution >= 4 is 22.6 Å². The second-order valence-corrected chi connectivity index (χ2v) is 8.29. The number of hydrogen-bond donors (Lipinski definition) is 0. The van der Waals surface area contributed by atoms with E-state index in [1.807, 2.05) is 0 Å². The minimum atomic E-state index is 0.219. The summed E-state index contributed by atoms with van der Waals surface area (Å²) in [5.74, 6) is 0.827. The number of alkyl halides is 1. The molecule has 0 aromatic carbocycles. The Hall–Kier alpha value is 0.690. The van der Waals surface area contributed by atoms with Crippen LogP contribution in [0.4, 0.5) is 0 Å². The van der Waals surface area contributed by atoms with Crippen LogP contribution >= 0.6 is 22.6 Å². The molecule has 2 heteroatoms.